The quantitative estimate of drug-likeness (QED) is 0.809. The molecule has 0 unspecified atom stereocenters. The molecule has 86 valence electrons. The molecule has 0 amide bonds. The van der Waals surface area contributed by atoms with E-state index >= 15 is 0 Å². The minimum absolute atomic E-state index is 0.313. The standard InChI is InChI=1S/C13H13N3O/c1-10(2)16-9-13(8-15-16)17-12-5-3-11(7-14)4-6-12/h3-6,8-10H,1-2H3. The van der Waals surface area contributed by atoms with Gasteiger partial charge in [0.25, 0.3) is 0 Å². The lowest BCUT2D eigenvalue weighted by Gasteiger charge is -2.04. The normalized spacial score (nSPS) is 10.2. The Kier molecular flexibility index (Phi) is 3.10. The molecule has 0 aliphatic heterocycles. The number of ether oxygens (including phenoxy) is 1. The minimum atomic E-state index is 0.313. The second-order valence-corrected chi connectivity index (χ2v) is 3.99. The molecule has 0 radical (unpaired) electrons. The number of rotatable bonds is 3. The Balaban J connectivity index is 2.11. The number of nitrogens with zero attached hydrogens (tertiary/aromatic N) is 3. The molecule has 0 aliphatic rings. The van der Waals surface area contributed by atoms with Gasteiger partial charge in [0, 0.05) is 6.04 Å². The molecule has 0 spiro atoms. The van der Waals surface area contributed by atoms with Crippen LogP contribution in [-0.4, -0.2) is 9.78 Å². The summed E-state index contributed by atoms with van der Waals surface area (Å²) in [5, 5.41) is 12.9. The average Bonchev–Trinajstić information content (AvgIpc) is 2.79. The van der Waals surface area contributed by atoms with Crippen LogP contribution in [0, 0.1) is 11.3 Å². The van der Waals surface area contributed by atoms with Gasteiger partial charge < -0.3 is 4.74 Å². The van der Waals surface area contributed by atoms with Crippen LogP contribution in [0.2, 0.25) is 0 Å². The molecular weight excluding hydrogens is 214 g/mol. The van der Waals surface area contributed by atoms with Gasteiger partial charge in [0.2, 0.25) is 0 Å². The smallest absolute Gasteiger partial charge is 0.165 e. The Morgan fingerprint density at radius 2 is 1.94 bits per heavy atom. The maximum atomic E-state index is 8.68. The van der Waals surface area contributed by atoms with Gasteiger partial charge in [-0.15, -0.1) is 0 Å². The Bertz CT molecular complexity index is 535. The van der Waals surface area contributed by atoms with Gasteiger partial charge in [-0.2, -0.15) is 10.4 Å². The third-order valence-electron chi connectivity index (χ3n) is 2.33. The van der Waals surface area contributed by atoms with Gasteiger partial charge in [-0.05, 0) is 38.1 Å². The first kappa shape index (κ1) is 11.2. The molecule has 0 saturated carbocycles. The van der Waals surface area contributed by atoms with Gasteiger partial charge in [-0.3, -0.25) is 4.68 Å². The first-order valence-corrected chi connectivity index (χ1v) is 5.41. The summed E-state index contributed by atoms with van der Waals surface area (Å²) in [6.45, 7) is 4.11. The highest BCUT2D eigenvalue weighted by Crippen LogP contribution is 2.21. The Labute approximate surface area is 100 Å². The molecule has 0 saturated heterocycles. The zero-order valence-electron chi connectivity index (χ0n) is 9.79. The molecule has 1 heterocycles. The third-order valence-corrected chi connectivity index (χ3v) is 2.33. The maximum Gasteiger partial charge on any atom is 0.165 e. The molecule has 0 N–H and O–H groups in total. The van der Waals surface area contributed by atoms with E-state index in [0.29, 0.717) is 23.1 Å². The van der Waals surface area contributed by atoms with Gasteiger partial charge in [0.05, 0.1) is 24.0 Å². The van der Waals surface area contributed by atoms with E-state index in [0.717, 1.165) is 0 Å². The molecule has 2 rings (SSSR count). The van der Waals surface area contributed by atoms with Crippen molar-refractivity contribution < 1.29 is 4.74 Å². The van der Waals surface area contributed by atoms with Crippen molar-refractivity contribution in [1.29, 1.82) is 5.26 Å². The molecule has 1 aromatic carbocycles. The van der Waals surface area contributed by atoms with E-state index in [1.807, 2.05) is 10.9 Å². The van der Waals surface area contributed by atoms with Gasteiger partial charge >= 0.3 is 0 Å². The molecule has 17 heavy (non-hydrogen) atoms. The van der Waals surface area contributed by atoms with E-state index in [2.05, 4.69) is 25.0 Å². The van der Waals surface area contributed by atoms with Crippen LogP contribution < -0.4 is 4.74 Å². The second kappa shape index (κ2) is 4.71. The first-order chi connectivity index (χ1) is 8.19. The summed E-state index contributed by atoms with van der Waals surface area (Å²) < 4.78 is 7.45. The van der Waals surface area contributed by atoms with Gasteiger partial charge in [0.15, 0.2) is 5.75 Å². The largest absolute Gasteiger partial charge is 0.454 e. The highest BCUT2D eigenvalue weighted by Gasteiger charge is 2.03. The van der Waals surface area contributed by atoms with Crippen LogP contribution in [0.15, 0.2) is 36.7 Å². The molecule has 0 atom stereocenters. The molecular formula is C13H13N3O. The summed E-state index contributed by atoms with van der Waals surface area (Å²) in [6.07, 6.45) is 3.53. The summed E-state index contributed by atoms with van der Waals surface area (Å²) in [4.78, 5) is 0. The molecule has 4 nitrogen and oxygen atoms in total. The Hall–Kier alpha value is -2.28. The fourth-order valence-corrected chi connectivity index (χ4v) is 1.39. The first-order valence-electron chi connectivity index (χ1n) is 5.41. The third kappa shape index (κ3) is 2.64. The van der Waals surface area contributed by atoms with Crippen molar-refractivity contribution in [3.63, 3.8) is 0 Å². The van der Waals surface area contributed by atoms with Crippen molar-refractivity contribution in [1.82, 2.24) is 9.78 Å². The zero-order valence-corrected chi connectivity index (χ0v) is 9.79. The van der Waals surface area contributed by atoms with E-state index in [1.54, 1.807) is 30.5 Å². The number of benzene rings is 1. The van der Waals surface area contributed by atoms with Crippen LogP contribution >= 0.6 is 0 Å². The van der Waals surface area contributed by atoms with Crippen molar-refractivity contribution >= 4 is 0 Å². The fraction of sp³-hybridized carbons (Fsp3) is 0.231. The predicted molar refractivity (Wildman–Crippen MR) is 63.8 cm³/mol. The van der Waals surface area contributed by atoms with E-state index in [-0.39, 0.29) is 0 Å². The molecule has 0 bridgehead atoms. The number of aromatic nitrogens is 2. The van der Waals surface area contributed by atoms with Crippen LogP contribution in [-0.2, 0) is 0 Å². The second-order valence-electron chi connectivity index (χ2n) is 3.99. The van der Waals surface area contributed by atoms with Crippen LogP contribution in [0.4, 0.5) is 0 Å². The molecule has 4 heteroatoms. The van der Waals surface area contributed by atoms with E-state index in [4.69, 9.17) is 10.00 Å². The van der Waals surface area contributed by atoms with Gasteiger partial charge in [-0.1, -0.05) is 0 Å². The maximum absolute atomic E-state index is 8.68. The van der Waals surface area contributed by atoms with Crippen molar-refractivity contribution in [3.8, 4) is 17.6 Å². The molecule has 1 aromatic heterocycles. The van der Waals surface area contributed by atoms with Crippen molar-refractivity contribution in [2.45, 2.75) is 19.9 Å². The lowest BCUT2D eigenvalue weighted by molar-refractivity contribution is 0.477. The highest BCUT2D eigenvalue weighted by atomic mass is 16.5. The lowest BCUT2D eigenvalue weighted by atomic mass is 10.2. The number of hydrogen-bond acceptors (Lipinski definition) is 3. The number of hydrogen-bond donors (Lipinski definition) is 0. The SMILES string of the molecule is CC(C)n1cc(Oc2ccc(C#N)cc2)cn1. The van der Waals surface area contributed by atoms with E-state index in [1.165, 1.54) is 0 Å². The van der Waals surface area contributed by atoms with Gasteiger partial charge in [0.1, 0.15) is 5.75 Å². The summed E-state index contributed by atoms with van der Waals surface area (Å²) in [7, 11) is 0. The monoisotopic (exact) mass is 227 g/mol. The minimum Gasteiger partial charge on any atom is -0.454 e. The molecule has 0 fully saturated rings. The summed E-state index contributed by atoms with van der Waals surface area (Å²) in [5.41, 5.74) is 0.621. The fourth-order valence-electron chi connectivity index (χ4n) is 1.39. The van der Waals surface area contributed by atoms with Crippen molar-refractivity contribution in [2.24, 2.45) is 0 Å². The molecule has 2 aromatic rings. The number of nitriles is 1. The highest BCUT2D eigenvalue weighted by molar-refractivity contribution is 5.36. The topological polar surface area (TPSA) is 50.8 Å². The van der Waals surface area contributed by atoms with Crippen LogP contribution in [0.1, 0.15) is 25.5 Å². The van der Waals surface area contributed by atoms with E-state index < -0.39 is 0 Å². The average molecular weight is 227 g/mol. The van der Waals surface area contributed by atoms with Crippen LogP contribution in [0.5, 0.6) is 11.5 Å². The summed E-state index contributed by atoms with van der Waals surface area (Å²) >= 11 is 0. The Morgan fingerprint density at radius 3 is 2.47 bits per heavy atom. The van der Waals surface area contributed by atoms with E-state index in [9.17, 15) is 0 Å². The molecule has 0 aliphatic carbocycles. The summed E-state index contributed by atoms with van der Waals surface area (Å²) in [6, 6.07) is 9.37. The van der Waals surface area contributed by atoms with Crippen molar-refractivity contribution in [2.75, 3.05) is 0 Å². The Morgan fingerprint density at radius 1 is 1.24 bits per heavy atom. The summed E-state index contributed by atoms with van der Waals surface area (Å²) in [5.74, 6) is 1.40. The predicted octanol–water partition coefficient (Wildman–Crippen LogP) is 3.13. The van der Waals surface area contributed by atoms with Gasteiger partial charge in [-0.25, -0.2) is 0 Å². The van der Waals surface area contributed by atoms with Crippen molar-refractivity contribution in [3.05, 3.63) is 42.2 Å². The van der Waals surface area contributed by atoms with Crippen LogP contribution in [0.25, 0.3) is 0 Å². The zero-order chi connectivity index (χ0) is 12.3. The van der Waals surface area contributed by atoms with Crippen LogP contribution in [0.3, 0.4) is 0 Å². The lowest BCUT2D eigenvalue weighted by Crippen LogP contribution is -1.99.